The van der Waals surface area contributed by atoms with Crippen LogP contribution in [0, 0.1) is 0 Å². The molecule has 0 aromatic heterocycles. The predicted molar refractivity (Wildman–Crippen MR) is 110 cm³/mol. The number of nitrogens with one attached hydrogen (secondary N) is 3. The first-order chi connectivity index (χ1) is 10.7. The lowest BCUT2D eigenvalue weighted by Crippen LogP contribution is -2.44. The average Bonchev–Trinajstić information content (AvgIpc) is 3.17. The van der Waals surface area contributed by atoms with Crippen LogP contribution < -0.4 is 16.0 Å². The van der Waals surface area contributed by atoms with Crippen LogP contribution in [-0.4, -0.2) is 49.0 Å². The van der Waals surface area contributed by atoms with E-state index in [0.717, 1.165) is 24.1 Å². The van der Waals surface area contributed by atoms with E-state index in [1.807, 2.05) is 11.8 Å². The van der Waals surface area contributed by atoms with Gasteiger partial charge in [0.1, 0.15) is 0 Å². The molecule has 5 nitrogen and oxygen atoms in total. The number of carbonyl (C=O) groups is 1. The number of carbonyl (C=O) groups excluding carboxylic acids is 1. The van der Waals surface area contributed by atoms with Crippen molar-refractivity contribution >= 4 is 47.6 Å². The summed E-state index contributed by atoms with van der Waals surface area (Å²) in [5, 5.41) is 10.6. The maximum atomic E-state index is 11.9. The van der Waals surface area contributed by atoms with Gasteiger partial charge in [0.25, 0.3) is 0 Å². The highest BCUT2D eigenvalue weighted by molar-refractivity contribution is 14.0. The molecule has 0 saturated heterocycles. The summed E-state index contributed by atoms with van der Waals surface area (Å²) in [7, 11) is 1.79. The van der Waals surface area contributed by atoms with Gasteiger partial charge in [-0.1, -0.05) is 12.8 Å². The van der Waals surface area contributed by atoms with Gasteiger partial charge in [-0.25, -0.2) is 0 Å². The topological polar surface area (TPSA) is 65.5 Å². The zero-order chi connectivity index (χ0) is 15.8. The maximum absolute atomic E-state index is 11.9. The normalized spacial score (nSPS) is 25.0. The molecule has 1 amide bonds. The first-order valence-corrected chi connectivity index (χ1v) is 9.79. The fourth-order valence-electron chi connectivity index (χ4n) is 3.34. The highest BCUT2D eigenvalue weighted by atomic mass is 127. The maximum Gasteiger partial charge on any atom is 0.221 e. The van der Waals surface area contributed by atoms with Crippen molar-refractivity contribution in [3.63, 3.8) is 0 Å². The number of amides is 1. The summed E-state index contributed by atoms with van der Waals surface area (Å²) in [6.45, 7) is 0.636. The summed E-state index contributed by atoms with van der Waals surface area (Å²) < 4.78 is 0. The molecule has 2 aliphatic carbocycles. The zero-order valence-electron chi connectivity index (χ0n) is 14.3. The van der Waals surface area contributed by atoms with E-state index in [0.29, 0.717) is 25.0 Å². The van der Waals surface area contributed by atoms with Gasteiger partial charge < -0.3 is 16.0 Å². The molecule has 0 spiro atoms. The van der Waals surface area contributed by atoms with Crippen LogP contribution in [0.25, 0.3) is 0 Å². The molecular weight excluding hydrogens is 423 g/mol. The van der Waals surface area contributed by atoms with Gasteiger partial charge in [0.15, 0.2) is 5.96 Å². The van der Waals surface area contributed by atoms with Crippen molar-refractivity contribution in [2.24, 2.45) is 4.99 Å². The fourth-order valence-corrected chi connectivity index (χ4v) is 4.13. The Balaban J connectivity index is 0.00000264. The van der Waals surface area contributed by atoms with E-state index < -0.39 is 0 Å². The second-order valence-electron chi connectivity index (χ2n) is 6.31. The molecule has 0 aliphatic heterocycles. The third-order valence-corrected chi connectivity index (χ3v) is 5.74. The molecule has 2 atom stereocenters. The second kappa shape index (κ2) is 11.4. The van der Waals surface area contributed by atoms with Gasteiger partial charge >= 0.3 is 0 Å². The Morgan fingerprint density at radius 2 is 1.87 bits per heavy atom. The minimum atomic E-state index is 0. The molecule has 0 heterocycles. The highest BCUT2D eigenvalue weighted by Gasteiger charge is 2.24. The Labute approximate surface area is 161 Å². The van der Waals surface area contributed by atoms with Crippen molar-refractivity contribution in [1.29, 1.82) is 0 Å². The Bertz CT molecular complexity index is 388. The Morgan fingerprint density at radius 1 is 1.13 bits per heavy atom. The van der Waals surface area contributed by atoms with E-state index in [4.69, 9.17) is 0 Å². The van der Waals surface area contributed by atoms with Gasteiger partial charge in [-0.2, -0.15) is 11.8 Å². The van der Waals surface area contributed by atoms with Gasteiger partial charge in [-0.3, -0.25) is 9.79 Å². The number of nitrogens with zero attached hydrogens (tertiary/aromatic N) is 1. The molecule has 2 rings (SSSR count). The van der Waals surface area contributed by atoms with E-state index in [-0.39, 0.29) is 29.9 Å². The largest absolute Gasteiger partial charge is 0.356 e. The Hall–Kier alpha value is -0.180. The summed E-state index contributed by atoms with van der Waals surface area (Å²) >= 11 is 1.95. The number of aliphatic imine (C=N–C) groups is 1. The van der Waals surface area contributed by atoms with Crippen molar-refractivity contribution in [2.75, 3.05) is 19.8 Å². The molecule has 2 saturated carbocycles. The molecule has 23 heavy (non-hydrogen) atoms. The van der Waals surface area contributed by atoms with Crippen LogP contribution in [0.2, 0.25) is 0 Å². The first-order valence-electron chi connectivity index (χ1n) is 8.50. The van der Waals surface area contributed by atoms with Crippen LogP contribution in [0.1, 0.15) is 51.4 Å². The van der Waals surface area contributed by atoms with E-state index in [2.05, 4.69) is 27.2 Å². The third kappa shape index (κ3) is 7.49. The summed E-state index contributed by atoms with van der Waals surface area (Å²) in [5.74, 6) is 0.971. The summed E-state index contributed by atoms with van der Waals surface area (Å²) in [6.07, 6.45) is 11.1. The average molecular weight is 454 g/mol. The van der Waals surface area contributed by atoms with Gasteiger partial charge in [-0.15, -0.1) is 24.0 Å². The number of hydrogen-bond donors (Lipinski definition) is 3. The van der Waals surface area contributed by atoms with Gasteiger partial charge in [-0.05, 0) is 38.4 Å². The van der Waals surface area contributed by atoms with Crippen LogP contribution in [0.15, 0.2) is 4.99 Å². The minimum Gasteiger partial charge on any atom is -0.356 e. The molecule has 2 unspecified atom stereocenters. The Kier molecular flexibility index (Phi) is 10.3. The molecule has 0 bridgehead atoms. The van der Waals surface area contributed by atoms with Crippen molar-refractivity contribution in [2.45, 2.75) is 68.7 Å². The number of hydrogen-bond acceptors (Lipinski definition) is 3. The predicted octanol–water partition coefficient (Wildman–Crippen LogP) is 2.50. The third-order valence-electron chi connectivity index (χ3n) is 4.65. The summed E-state index contributed by atoms with van der Waals surface area (Å²) in [4.78, 5) is 16.1. The number of thioether (sulfide) groups is 1. The molecule has 2 aliphatic rings. The molecule has 2 fully saturated rings. The molecule has 0 radical (unpaired) electrons. The van der Waals surface area contributed by atoms with Crippen LogP contribution in [-0.2, 0) is 4.79 Å². The number of rotatable bonds is 6. The van der Waals surface area contributed by atoms with Crippen molar-refractivity contribution in [3.05, 3.63) is 0 Å². The van der Waals surface area contributed by atoms with Gasteiger partial charge in [0.05, 0.1) is 0 Å². The molecule has 3 N–H and O–H groups in total. The lowest BCUT2D eigenvalue weighted by atomic mass is 10.2. The second-order valence-corrected chi connectivity index (χ2v) is 7.45. The summed E-state index contributed by atoms with van der Waals surface area (Å²) in [6, 6.07) is 0.919. The van der Waals surface area contributed by atoms with Crippen LogP contribution >= 0.6 is 35.7 Å². The van der Waals surface area contributed by atoms with E-state index in [1.54, 1.807) is 7.05 Å². The van der Waals surface area contributed by atoms with E-state index >= 15 is 0 Å². The SMILES string of the molecule is CN=C(NCCC(=O)NC1CCCC1)NC1CCC(SC)C1.I. The lowest BCUT2D eigenvalue weighted by Gasteiger charge is -2.17. The number of halogens is 1. The van der Waals surface area contributed by atoms with Gasteiger partial charge in [0, 0.05) is 37.3 Å². The van der Waals surface area contributed by atoms with Crippen molar-refractivity contribution in [3.8, 4) is 0 Å². The Morgan fingerprint density at radius 3 is 2.48 bits per heavy atom. The van der Waals surface area contributed by atoms with Crippen molar-refractivity contribution in [1.82, 2.24) is 16.0 Å². The molecule has 7 heteroatoms. The monoisotopic (exact) mass is 454 g/mol. The van der Waals surface area contributed by atoms with E-state index in [9.17, 15) is 4.79 Å². The highest BCUT2D eigenvalue weighted by Crippen LogP contribution is 2.27. The van der Waals surface area contributed by atoms with Gasteiger partial charge in [0.2, 0.25) is 5.91 Å². The molecule has 0 aromatic carbocycles. The zero-order valence-corrected chi connectivity index (χ0v) is 17.4. The quantitative estimate of drug-likeness (QED) is 0.328. The standard InChI is InChI=1S/C16H30N4OS.HI/c1-17-16(20-13-7-8-14(11-13)22-2)18-10-9-15(21)19-12-5-3-4-6-12;/h12-14H,3-11H2,1-2H3,(H,19,21)(H2,17,18,20);1H. The fraction of sp³-hybridized carbons (Fsp3) is 0.875. The molecule has 134 valence electrons. The number of guanidine groups is 1. The first kappa shape index (κ1) is 20.9. The smallest absolute Gasteiger partial charge is 0.221 e. The molecule has 0 aromatic rings. The minimum absolute atomic E-state index is 0. The van der Waals surface area contributed by atoms with Crippen LogP contribution in [0.3, 0.4) is 0 Å². The molecular formula is C16H31IN4OS. The summed E-state index contributed by atoms with van der Waals surface area (Å²) in [5.41, 5.74) is 0. The van der Waals surface area contributed by atoms with Crippen LogP contribution in [0.5, 0.6) is 0 Å². The van der Waals surface area contributed by atoms with Crippen LogP contribution in [0.4, 0.5) is 0 Å². The lowest BCUT2D eigenvalue weighted by molar-refractivity contribution is -0.121. The van der Waals surface area contributed by atoms with E-state index in [1.165, 1.54) is 32.1 Å². The van der Waals surface area contributed by atoms with Crippen molar-refractivity contribution < 1.29 is 4.79 Å².